The minimum absolute atomic E-state index is 0.0964. The van der Waals surface area contributed by atoms with Crippen LogP contribution in [0.25, 0.3) is 22.4 Å². The molecule has 0 fully saturated rings. The Labute approximate surface area is 178 Å². The van der Waals surface area contributed by atoms with Gasteiger partial charge in [-0.05, 0) is 35.9 Å². The van der Waals surface area contributed by atoms with Crippen LogP contribution in [0.4, 0.5) is 10.1 Å². The van der Waals surface area contributed by atoms with E-state index in [0.29, 0.717) is 22.6 Å². The number of hydrogen-bond donors (Lipinski definition) is 3. The minimum atomic E-state index is -0.422. The number of benzene rings is 3. The lowest BCUT2D eigenvalue weighted by Gasteiger charge is -2.18. The highest BCUT2D eigenvalue weighted by molar-refractivity contribution is 5.94. The number of hydrogen-bond acceptors (Lipinski definition) is 3. The quantitative estimate of drug-likeness (QED) is 0.430. The third kappa shape index (κ3) is 4.95. The van der Waals surface area contributed by atoms with Gasteiger partial charge in [0.2, 0.25) is 11.8 Å². The molecule has 0 saturated heterocycles. The van der Waals surface area contributed by atoms with Crippen LogP contribution in [-0.2, 0) is 9.59 Å². The predicted molar refractivity (Wildman–Crippen MR) is 118 cm³/mol. The number of carbonyl (C=O) groups excluding carboxylic acids is 2. The number of nitrogens with zero attached hydrogens (tertiary/aromatic N) is 1. The van der Waals surface area contributed by atoms with Gasteiger partial charge < -0.3 is 15.6 Å². The molecule has 7 heteroatoms. The summed E-state index contributed by atoms with van der Waals surface area (Å²) < 4.78 is 13.5. The Bertz CT molecular complexity index is 1240. The first-order valence-electron chi connectivity index (χ1n) is 9.85. The van der Waals surface area contributed by atoms with Crippen LogP contribution in [-0.4, -0.2) is 21.8 Å². The normalized spacial score (nSPS) is 11.8. The van der Waals surface area contributed by atoms with E-state index in [1.807, 2.05) is 30.3 Å². The Morgan fingerprint density at radius 3 is 2.58 bits per heavy atom. The lowest BCUT2D eigenvalue weighted by Crippen LogP contribution is -2.29. The Kier molecular flexibility index (Phi) is 5.75. The zero-order valence-electron chi connectivity index (χ0n) is 16.9. The zero-order chi connectivity index (χ0) is 21.8. The number of halogens is 1. The largest absolute Gasteiger partial charge is 0.349 e. The Morgan fingerprint density at radius 2 is 1.84 bits per heavy atom. The lowest BCUT2D eigenvalue weighted by atomic mass is 10.0. The van der Waals surface area contributed by atoms with E-state index in [1.54, 1.807) is 30.3 Å². The summed E-state index contributed by atoms with van der Waals surface area (Å²) in [4.78, 5) is 31.9. The summed E-state index contributed by atoms with van der Waals surface area (Å²) in [5, 5.41) is 5.69. The first-order chi connectivity index (χ1) is 15.0. The van der Waals surface area contributed by atoms with Gasteiger partial charge in [-0.2, -0.15) is 0 Å². The van der Waals surface area contributed by atoms with E-state index in [9.17, 15) is 14.0 Å². The molecule has 0 aliphatic heterocycles. The lowest BCUT2D eigenvalue weighted by molar-refractivity contribution is -0.120. The van der Waals surface area contributed by atoms with Gasteiger partial charge in [0.05, 0.1) is 23.5 Å². The summed E-state index contributed by atoms with van der Waals surface area (Å²) in [6.07, 6.45) is 0.0964. The number of imidazole rings is 1. The van der Waals surface area contributed by atoms with Crippen LogP contribution in [0.2, 0.25) is 0 Å². The van der Waals surface area contributed by atoms with Crippen LogP contribution in [0.3, 0.4) is 0 Å². The summed E-state index contributed by atoms with van der Waals surface area (Å²) in [5.74, 6) is -0.219. The molecule has 0 bridgehead atoms. The molecular formula is C24H21FN4O2. The SMILES string of the molecule is CC(=O)NC(CC(=O)Nc1ccc2nc(-c3cccc(F)c3)[nH]c2c1)c1ccccc1. The van der Waals surface area contributed by atoms with Gasteiger partial charge in [-0.1, -0.05) is 42.5 Å². The molecule has 4 aromatic rings. The van der Waals surface area contributed by atoms with Crippen LogP contribution in [0.1, 0.15) is 24.9 Å². The van der Waals surface area contributed by atoms with Crippen LogP contribution in [0.15, 0.2) is 72.8 Å². The average Bonchev–Trinajstić information content (AvgIpc) is 3.17. The highest BCUT2D eigenvalue weighted by atomic mass is 19.1. The molecule has 2 amide bonds. The highest BCUT2D eigenvalue weighted by Crippen LogP contribution is 2.24. The molecule has 0 radical (unpaired) electrons. The van der Waals surface area contributed by atoms with Crippen LogP contribution >= 0.6 is 0 Å². The maximum Gasteiger partial charge on any atom is 0.226 e. The first kappa shape index (κ1) is 20.3. The van der Waals surface area contributed by atoms with Gasteiger partial charge in [-0.15, -0.1) is 0 Å². The van der Waals surface area contributed by atoms with Crippen molar-refractivity contribution in [1.29, 1.82) is 0 Å². The van der Waals surface area contributed by atoms with Crippen molar-refractivity contribution in [3.8, 4) is 11.4 Å². The molecule has 6 nitrogen and oxygen atoms in total. The van der Waals surface area contributed by atoms with E-state index in [0.717, 1.165) is 11.1 Å². The van der Waals surface area contributed by atoms with Crippen LogP contribution in [0.5, 0.6) is 0 Å². The Morgan fingerprint density at radius 1 is 1.03 bits per heavy atom. The third-order valence-electron chi connectivity index (χ3n) is 4.83. The maximum atomic E-state index is 13.5. The molecule has 1 unspecified atom stereocenters. The molecule has 0 spiro atoms. The van der Waals surface area contributed by atoms with E-state index in [4.69, 9.17) is 0 Å². The fraction of sp³-hybridized carbons (Fsp3) is 0.125. The van der Waals surface area contributed by atoms with Crippen molar-refractivity contribution in [3.05, 3.63) is 84.2 Å². The second-order valence-electron chi connectivity index (χ2n) is 7.24. The molecule has 0 aliphatic rings. The van der Waals surface area contributed by atoms with Crippen molar-refractivity contribution in [3.63, 3.8) is 0 Å². The highest BCUT2D eigenvalue weighted by Gasteiger charge is 2.17. The van der Waals surface area contributed by atoms with Gasteiger partial charge in [0, 0.05) is 18.2 Å². The van der Waals surface area contributed by atoms with Gasteiger partial charge in [-0.3, -0.25) is 9.59 Å². The molecule has 3 aromatic carbocycles. The van der Waals surface area contributed by atoms with Crippen molar-refractivity contribution >= 4 is 28.5 Å². The van der Waals surface area contributed by atoms with E-state index >= 15 is 0 Å². The van der Waals surface area contributed by atoms with Crippen molar-refractivity contribution in [2.45, 2.75) is 19.4 Å². The number of rotatable bonds is 6. The fourth-order valence-electron chi connectivity index (χ4n) is 3.44. The number of aromatic amines is 1. The smallest absolute Gasteiger partial charge is 0.226 e. The standard InChI is InChI=1S/C24H21FN4O2/c1-15(30)26-21(16-6-3-2-4-7-16)14-23(31)27-19-10-11-20-22(13-19)29-24(28-20)17-8-5-9-18(25)12-17/h2-13,21H,14H2,1H3,(H,26,30)(H,27,31)(H,28,29). The van der Waals surface area contributed by atoms with Crippen LogP contribution in [0, 0.1) is 5.82 Å². The number of carbonyl (C=O) groups is 2. The second kappa shape index (κ2) is 8.79. The minimum Gasteiger partial charge on any atom is -0.349 e. The summed E-state index contributed by atoms with van der Waals surface area (Å²) in [6, 6.07) is 20.4. The van der Waals surface area contributed by atoms with Crippen molar-refractivity contribution in [2.75, 3.05) is 5.32 Å². The topological polar surface area (TPSA) is 86.9 Å². The Balaban J connectivity index is 1.51. The third-order valence-corrected chi connectivity index (χ3v) is 4.83. The molecule has 156 valence electrons. The first-order valence-corrected chi connectivity index (χ1v) is 9.85. The van der Waals surface area contributed by atoms with E-state index < -0.39 is 6.04 Å². The van der Waals surface area contributed by atoms with Crippen molar-refractivity contribution < 1.29 is 14.0 Å². The second-order valence-corrected chi connectivity index (χ2v) is 7.24. The summed E-state index contributed by atoms with van der Waals surface area (Å²) >= 11 is 0. The van der Waals surface area contributed by atoms with E-state index in [-0.39, 0.29) is 24.1 Å². The predicted octanol–water partition coefficient (Wildman–Crippen LogP) is 4.58. The molecule has 1 heterocycles. The maximum absolute atomic E-state index is 13.5. The average molecular weight is 416 g/mol. The molecular weight excluding hydrogens is 395 g/mol. The number of aromatic nitrogens is 2. The molecule has 1 aromatic heterocycles. The molecule has 4 rings (SSSR count). The molecule has 31 heavy (non-hydrogen) atoms. The number of nitrogens with one attached hydrogen (secondary N) is 3. The van der Waals surface area contributed by atoms with Crippen LogP contribution < -0.4 is 10.6 Å². The number of fused-ring (bicyclic) bond motifs is 1. The summed E-state index contributed by atoms with van der Waals surface area (Å²) in [7, 11) is 0. The van der Waals surface area contributed by atoms with Gasteiger partial charge >= 0.3 is 0 Å². The van der Waals surface area contributed by atoms with Gasteiger partial charge in [0.25, 0.3) is 0 Å². The summed E-state index contributed by atoms with van der Waals surface area (Å²) in [5.41, 5.74) is 3.53. The van der Waals surface area contributed by atoms with Gasteiger partial charge in [-0.25, -0.2) is 9.37 Å². The van der Waals surface area contributed by atoms with Gasteiger partial charge in [0.1, 0.15) is 11.6 Å². The van der Waals surface area contributed by atoms with E-state index in [2.05, 4.69) is 20.6 Å². The van der Waals surface area contributed by atoms with E-state index in [1.165, 1.54) is 19.1 Å². The number of anilines is 1. The number of amides is 2. The van der Waals surface area contributed by atoms with Gasteiger partial charge in [0.15, 0.2) is 0 Å². The molecule has 3 N–H and O–H groups in total. The Hall–Kier alpha value is -4.00. The monoisotopic (exact) mass is 416 g/mol. The van der Waals surface area contributed by atoms with Crippen molar-refractivity contribution in [2.24, 2.45) is 0 Å². The molecule has 0 aliphatic carbocycles. The molecule has 1 atom stereocenters. The number of H-pyrrole nitrogens is 1. The fourth-order valence-corrected chi connectivity index (χ4v) is 3.44. The summed E-state index contributed by atoms with van der Waals surface area (Å²) in [6.45, 7) is 1.43. The molecule has 0 saturated carbocycles. The van der Waals surface area contributed by atoms with Crippen molar-refractivity contribution in [1.82, 2.24) is 15.3 Å². The zero-order valence-corrected chi connectivity index (χ0v) is 16.9.